The van der Waals surface area contributed by atoms with Crippen LogP contribution in [0.15, 0.2) is 59.1 Å². The quantitative estimate of drug-likeness (QED) is 0.686. The average Bonchev–Trinajstić information content (AvgIpc) is 2.67. The number of hydrogen-bond donors (Lipinski definition) is 1. The normalized spacial score (nSPS) is 11.7. The van der Waals surface area contributed by atoms with Gasteiger partial charge >= 0.3 is 0 Å². The second-order valence-corrected chi connectivity index (χ2v) is 7.82. The molecular formula is C20H23BrN2O2S. The average molecular weight is 435 g/mol. The Hall–Kier alpha value is -1.79. The van der Waals surface area contributed by atoms with Crippen LogP contribution in [0.1, 0.15) is 18.1 Å². The van der Waals surface area contributed by atoms with Crippen molar-refractivity contribution >= 4 is 39.5 Å². The lowest BCUT2D eigenvalue weighted by molar-refractivity contribution is -0.138. The molecule has 2 amide bonds. The number of carbonyl (C=O) groups excluding carboxylic acids is 2. The van der Waals surface area contributed by atoms with Crippen molar-refractivity contribution in [3.63, 3.8) is 0 Å². The number of hydrogen-bond acceptors (Lipinski definition) is 3. The second kappa shape index (κ2) is 10.4. The first-order chi connectivity index (χ1) is 12.5. The minimum atomic E-state index is -0.520. The maximum absolute atomic E-state index is 12.8. The van der Waals surface area contributed by atoms with Crippen LogP contribution in [0.3, 0.4) is 0 Å². The Kier molecular flexibility index (Phi) is 8.19. The van der Waals surface area contributed by atoms with E-state index in [1.54, 1.807) is 30.6 Å². The number of rotatable bonds is 8. The highest BCUT2D eigenvalue weighted by Gasteiger charge is 2.25. The molecule has 1 unspecified atom stereocenters. The van der Waals surface area contributed by atoms with E-state index in [1.807, 2.05) is 54.6 Å². The Labute approximate surface area is 167 Å². The predicted octanol–water partition coefficient (Wildman–Crippen LogP) is 3.85. The van der Waals surface area contributed by atoms with Crippen molar-refractivity contribution in [1.82, 2.24) is 10.2 Å². The minimum Gasteiger partial charge on any atom is -0.357 e. The molecular weight excluding hydrogens is 412 g/mol. The van der Waals surface area contributed by atoms with Gasteiger partial charge in [0.25, 0.3) is 0 Å². The molecule has 2 rings (SSSR count). The lowest BCUT2D eigenvalue weighted by Crippen LogP contribution is -2.47. The highest BCUT2D eigenvalue weighted by molar-refractivity contribution is 9.10. The SMILES string of the molecule is CNC(=O)C(C)N(Cc1ccc(Br)cc1)C(=O)CSCc1ccccc1. The molecule has 4 nitrogen and oxygen atoms in total. The molecule has 6 heteroatoms. The maximum atomic E-state index is 12.8. The first-order valence-corrected chi connectivity index (χ1v) is 10.3. The van der Waals surface area contributed by atoms with E-state index in [2.05, 4.69) is 21.2 Å². The fraction of sp³-hybridized carbons (Fsp3) is 0.300. The third-order valence-corrected chi connectivity index (χ3v) is 5.53. The van der Waals surface area contributed by atoms with Crippen molar-refractivity contribution in [2.24, 2.45) is 0 Å². The Morgan fingerprint density at radius 2 is 1.73 bits per heavy atom. The Bertz CT molecular complexity index is 722. The molecule has 1 atom stereocenters. The van der Waals surface area contributed by atoms with E-state index in [-0.39, 0.29) is 11.8 Å². The van der Waals surface area contributed by atoms with E-state index in [4.69, 9.17) is 0 Å². The van der Waals surface area contributed by atoms with Crippen LogP contribution in [-0.4, -0.2) is 35.6 Å². The maximum Gasteiger partial charge on any atom is 0.242 e. The molecule has 0 radical (unpaired) electrons. The molecule has 0 saturated carbocycles. The Balaban J connectivity index is 2.02. The number of benzene rings is 2. The summed E-state index contributed by atoms with van der Waals surface area (Å²) in [6.45, 7) is 2.17. The topological polar surface area (TPSA) is 49.4 Å². The molecule has 138 valence electrons. The van der Waals surface area contributed by atoms with E-state index in [0.717, 1.165) is 15.8 Å². The Morgan fingerprint density at radius 3 is 2.35 bits per heavy atom. The number of nitrogens with one attached hydrogen (secondary N) is 1. The molecule has 0 heterocycles. The van der Waals surface area contributed by atoms with Crippen LogP contribution in [0.4, 0.5) is 0 Å². The molecule has 26 heavy (non-hydrogen) atoms. The fourth-order valence-electron chi connectivity index (χ4n) is 2.49. The smallest absolute Gasteiger partial charge is 0.242 e. The van der Waals surface area contributed by atoms with Gasteiger partial charge in [-0.25, -0.2) is 0 Å². The van der Waals surface area contributed by atoms with Crippen molar-refractivity contribution in [1.29, 1.82) is 0 Å². The monoisotopic (exact) mass is 434 g/mol. The van der Waals surface area contributed by atoms with Crippen LogP contribution in [0.5, 0.6) is 0 Å². The van der Waals surface area contributed by atoms with Gasteiger partial charge in [-0.2, -0.15) is 0 Å². The number of likely N-dealkylation sites (N-methyl/N-ethyl adjacent to an activating group) is 1. The summed E-state index contributed by atoms with van der Waals surface area (Å²) in [6, 6.07) is 17.3. The number of thioether (sulfide) groups is 1. The Morgan fingerprint density at radius 1 is 1.08 bits per heavy atom. The van der Waals surface area contributed by atoms with Gasteiger partial charge < -0.3 is 10.2 Å². The van der Waals surface area contributed by atoms with Gasteiger partial charge in [0.1, 0.15) is 6.04 Å². The van der Waals surface area contributed by atoms with Crippen LogP contribution in [0.2, 0.25) is 0 Å². The van der Waals surface area contributed by atoms with Crippen molar-refractivity contribution in [2.75, 3.05) is 12.8 Å². The zero-order valence-corrected chi connectivity index (χ0v) is 17.3. The summed E-state index contributed by atoms with van der Waals surface area (Å²) in [6.07, 6.45) is 0. The lowest BCUT2D eigenvalue weighted by atomic mass is 10.1. The van der Waals surface area contributed by atoms with Gasteiger partial charge in [0.15, 0.2) is 0 Å². The van der Waals surface area contributed by atoms with Crippen molar-refractivity contribution in [3.05, 3.63) is 70.2 Å². The number of nitrogens with zero attached hydrogens (tertiary/aromatic N) is 1. The molecule has 0 bridgehead atoms. The van der Waals surface area contributed by atoms with Crippen LogP contribution >= 0.6 is 27.7 Å². The van der Waals surface area contributed by atoms with Gasteiger partial charge in [-0.1, -0.05) is 58.4 Å². The van der Waals surface area contributed by atoms with Crippen molar-refractivity contribution in [2.45, 2.75) is 25.3 Å². The van der Waals surface area contributed by atoms with E-state index in [9.17, 15) is 9.59 Å². The zero-order chi connectivity index (χ0) is 18.9. The second-order valence-electron chi connectivity index (χ2n) is 5.92. The van der Waals surface area contributed by atoms with E-state index >= 15 is 0 Å². The molecule has 0 aliphatic carbocycles. The van der Waals surface area contributed by atoms with Crippen LogP contribution in [0, 0.1) is 0 Å². The van der Waals surface area contributed by atoms with Gasteiger partial charge in [0, 0.05) is 23.8 Å². The summed E-state index contributed by atoms with van der Waals surface area (Å²) < 4.78 is 0.983. The van der Waals surface area contributed by atoms with E-state index in [1.165, 1.54) is 5.56 Å². The van der Waals surface area contributed by atoms with Gasteiger partial charge in [0.2, 0.25) is 11.8 Å². The summed E-state index contributed by atoms with van der Waals surface area (Å²) in [5.74, 6) is 0.910. The van der Waals surface area contributed by atoms with Crippen LogP contribution in [0.25, 0.3) is 0 Å². The molecule has 0 aliphatic heterocycles. The molecule has 0 aliphatic rings. The van der Waals surface area contributed by atoms with Crippen LogP contribution in [-0.2, 0) is 21.9 Å². The van der Waals surface area contributed by atoms with E-state index < -0.39 is 6.04 Å². The molecule has 0 saturated heterocycles. The molecule has 0 fully saturated rings. The summed E-state index contributed by atoms with van der Waals surface area (Å²) >= 11 is 4.97. The first kappa shape index (κ1) is 20.5. The fourth-order valence-corrected chi connectivity index (χ4v) is 3.63. The van der Waals surface area contributed by atoms with Crippen molar-refractivity contribution in [3.8, 4) is 0 Å². The highest BCUT2D eigenvalue weighted by atomic mass is 79.9. The molecule has 1 N–H and O–H groups in total. The highest BCUT2D eigenvalue weighted by Crippen LogP contribution is 2.17. The van der Waals surface area contributed by atoms with Gasteiger partial charge in [-0.3, -0.25) is 9.59 Å². The molecule has 2 aromatic carbocycles. The van der Waals surface area contributed by atoms with E-state index in [0.29, 0.717) is 12.3 Å². The largest absolute Gasteiger partial charge is 0.357 e. The first-order valence-electron chi connectivity index (χ1n) is 8.38. The summed E-state index contributed by atoms with van der Waals surface area (Å²) in [4.78, 5) is 26.5. The number of carbonyl (C=O) groups is 2. The zero-order valence-electron chi connectivity index (χ0n) is 14.9. The molecule has 2 aromatic rings. The summed E-state index contributed by atoms with van der Waals surface area (Å²) in [5.41, 5.74) is 2.18. The molecule has 0 spiro atoms. The summed E-state index contributed by atoms with van der Waals surface area (Å²) in [5, 5.41) is 2.63. The number of halogens is 1. The predicted molar refractivity (Wildman–Crippen MR) is 111 cm³/mol. The third kappa shape index (κ3) is 6.18. The van der Waals surface area contributed by atoms with Gasteiger partial charge in [-0.15, -0.1) is 11.8 Å². The van der Waals surface area contributed by atoms with Crippen molar-refractivity contribution < 1.29 is 9.59 Å². The molecule has 0 aromatic heterocycles. The van der Waals surface area contributed by atoms with Gasteiger partial charge in [-0.05, 0) is 30.2 Å². The van der Waals surface area contributed by atoms with Gasteiger partial charge in [0.05, 0.1) is 5.75 Å². The minimum absolute atomic E-state index is 0.0371. The lowest BCUT2D eigenvalue weighted by Gasteiger charge is -2.28. The van der Waals surface area contributed by atoms with Crippen LogP contribution < -0.4 is 5.32 Å². The summed E-state index contributed by atoms with van der Waals surface area (Å²) in [7, 11) is 1.59. The number of amides is 2. The standard InChI is InChI=1S/C20H23BrN2O2S/c1-15(20(25)22-2)23(12-16-8-10-18(21)11-9-16)19(24)14-26-13-17-6-4-3-5-7-17/h3-11,15H,12-14H2,1-2H3,(H,22,25). The third-order valence-electron chi connectivity index (χ3n) is 4.02.